The maximum atomic E-state index is 11.7. The van der Waals surface area contributed by atoms with Gasteiger partial charge in [-0.15, -0.1) is 0 Å². The molecular weight excluding hydrogens is 318 g/mol. The number of carbonyl (C=O) groups is 2. The Morgan fingerprint density at radius 3 is 2.44 bits per heavy atom. The van der Waals surface area contributed by atoms with Gasteiger partial charge in [-0.3, -0.25) is 9.59 Å². The van der Waals surface area contributed by atoms with Crippen LogP contribution < -0.4 is 15.5 Å². The summed E-state index contributed by atoms with van der Waals surface area (Å²) in [6.07, 6.45) is 2.13. The van der Waals surface area contributed by atoms with Crippen molar-refractivity contribution >= 4 is 18.0 Å². The van der Waals surface area contributed by atoms with Gasteiger partial charge >= 0.3 is 11.8 Å². The third-order valence-corrected chi connectivity index (χ3v) is 3.32. The van der Waals surface area contributed by atoms with Gasteiger partial charge in [-0.05, 0) is 48.7 Å². The van der Waals surface area contributed by atoms with Crippen molar-refractivity contribution in [1.29, 1.82) is 0 Å². The Morgan fingerprint density at radius 2 is 1.76 bits per heavy atom. The van der Waals surface area contributed by atoms with E-state index in [-0.39, 0.29) is 0 Å². The standard InChI is InChI=1S/C19H21N3O3/c1-2-25-17-10-8-16(9-11-17)14-21-22-19(24)18(23)20-13-12-15-6-4-3-5-7-15/h3-11,14H,2,12-13H2,1H3,(H,20,23)(H,22,24)/b21-14-. The SMILES string of the molecule is CCOc1ccc(/C=N\NC(=O)C(=O)NCCc2ccccc2)cc1. The van der Waals surface area contributed by atoms with Crippen LogP contribution in [-0.2, 0) is 16.0 Å². The van der Waals surface area contributed by atoms with Gasteiger partial charge in [0.25, 0.3) is 0 Å². The second-order valence-electron chi connectivity index (χ2n) is 5.19. The summed E-state index contributed by atoms with van der Waals surface area (Å²) in [5, 5.41) is 6.34. The molecule has 25 heavy (non-hydrogen) atoms. The zero-order valence-corrected chi connectivity index (χ0v) is 14.1. The van der Waals surface area contributed by atoms with E-state index in [9.17, 15) is 9.59 Å². The summed E-state index contributed by atoms with van der Waals surface area (Å²) < 4.78 is 5.34. The van der Waals surface area contributed by atoms with Gasteiger partial charge in [0.1, 0.15) is 5.75 Å². The Bertz CT molecular complexity index is 712. The van der Waals surface area contributed by atoms with Crippen molar-refractivity contribution < 1.29 is 14.3 Å². The van der Waals surface area contributed by atoms with E-state index in [1.54, 1.807) is 12.1 Å². The van der Waals surface area contributed by atoms with Crippen LogP contribution in [0.15, 0.2) is 59.7 Å². The number of nitrogens with one attached hydrogen (secondary N) is 2. The highest BCUT2D eigenvalue weighted by molar-refractivity contribution is 6.35. The van der Waals surface area contributed by atoms with E-state index >= 15 is 0 Å². The van der Waals surface area contributed by atoms with E-state index in [4.69, 9.17) is 4.74 Å². The minimum absolute atomic E-state index is 0.388. The molecule has 0 saturated heterocycles. The first-order valence-electron chi connectivity index (χ1n) is 8.07. The molecule has 0 aromatic heterocycles. The van der Waals surface area contributed by atoms with Gasteiger partial charge in [-0.25, -0.2) is 5.43 Å². The first kappa shape index (κ1) is 18.2. The molecule has 6 heteroatoms. The molecular formula is C19H21N3O3. The maximum absolute atomic E-state index is 11.7. The molecule has 2 aromatic rings. The van der Waals surface area contributed by atoms with Crippen LogP contribution in [0, 0.1) is 0 Å². The number of hydrogen-bond acceptors (Lipinski definition) is 4. The fourth-order valence-corrected chi connectivity index (χ4v) is 2.08. The highest BCUT2D eigenvalue weighted by Gasteiger charge is 2.11. The number of nitrogens with zero attached hydrogens (tertiary/aromatic N) is 1. The molecule has 0 saturated carbocycles. The molecule has 0 aliphatic carbocycles. The molecule has 0 heterocycles. The number of ether oxygens (including phenoxy) is 1. The monoisotopic (exact) mass is 339 g/mol. The lowest BCUT2D eigenvalue weighted by Crippen LogP contribution is -2.38. The van der Waals surface area contributed by atoms with Crippen LogP contribution in [0.5, 0.6) is 5.75 Å². The van der Waals surface area contributed by atoms with Gasteiger partial charge < -0.3 is 10.1 Å². The molecule has 0 bridgehead atoms. The van der Waals surface area contributed by atoms with Gasteiger partial charge in [0.05, 0.1) is 12.8 Å². The first-order valence-corrected chi connectivity index (χ1v) is 8.07. The van der Waals surface area contributed by atoms with Crippen molar-refractivity contribution in [3.8, 4) is 5.75 Å². The van der Waals surface area contributed by atoms with Gasteiger partial charge in [0.15, 0.2) is 0 Å². The van der Waals surface area contributed by atoms with Gasteiger partial charge in [-0.1, -0.05) is 30.3 Å². The van der Waals surface area contributed by atoms with E-state index in [1.807, 2.05) is 49.4 Å². The van der Waals surface area contributed by atoms with Crippen LogP contribution in [0.25, 0.3) is 0 Å². The normalized spacial score (nSPS) is 10.4. The van der Waals surface area contributed by atoms with Gasteiger partial charge in [0.2, 0.25) is 0 Å². The summed E-state index contributed by atoms with van der Waals surface area (Å²) in [6.45, 7) is 2.90. The maximum Gasteiger partial charge on any atom is 0.329 e. The van der Waals surface area contributed by atoms with Crippen LogP contribution in [0.3, 0.4) is 0 Å². The minimum atomic E-state index is -0.796. The topological polar surface area (TPSA) is 79.8 Å². The predicted octanol–water partition coefficient (Wildman–Crippen LogP) is 1.89. The van der Waals surface area contributed by atoms with Crippen LogP contribution in [0.4, 0.5) is 0 Å². The smallest absolute Gasteiger partial charge is 0.329 e. The van der Waals surface area contributed by atoms with E-state index in [0.29, 0.717) is 19.6 Å². The second-order valence-corrected chi connectivity index (χ2v) is 5.19. The highest BCUT2D eigenvalue weighted by atomic mass is 16.5. The quantitative estimate of drug-likeness (QED) is 0.459. The predicted molar refractivity (Wildman–Crippen MR) is 96.5 cm³/mol. The van der Waals surface area contributed by atoms with Crippen molar-refractivity contribution in [2.45, 2.75) is 13.3 Å². The highest BCUT2D eigenvalue weighted by Crippen LogP contribution is 2.10. The van der Waals surface area contributed by atoms with Crippen molar-refractivity contribution in [3.05, 3.63) is 65.7 Å². The summed E-state index contributed by atoms with van der Waals surface area (Å²) in [5.74, 6) is -0.739. The van der Waals surface area contributed by atoms with E-state index in [1.165, 1.54) is 6.21 Å². The fourth-order valence-electron chi connectivity index (χ4n) is 2.08. The summed E-state index contributed by atoms with van der Waals surface area (Å²) in [5.41, 5.74) is 4.09. The number of rotatable bonds is 7. The van der Waals surface area contributed by atoms with Crippen molar-refractivity contribution in [2.75, 3.05) is 13.2 Å². The average Bonchev–Trinajstić information content (AvgIpc) is 2.64. The summed E-state index contributed by atoms with van der Waals surface area (Å²) in [7, 11) is 0. The number of benzene rings is 2. The van der Waals surface area contributed by atoms with Crippen molar-refractivity contribution in [1.82, 2.24) is 10.7 Å². The lowest BCUT2D eigenvalue weighted by molar-refractivity contribution is -0.139. The summed E-state index contributed by atoms with van der Waals surface area (Å²) in [6, 6.07) is 16.9. The molecule has 0 spiro atoms. The molecule has 0 fully saturated rings. The molecule has 2 amide bonds. The van der Waals surface area contributed by atoms with Crippen LogP contribution >= 0.6 is 0 Å². The Balaban J connectivity index is 1.72. The molecule has 0 unspecified atom stereocenters. The lowest BCUT2D eigenvalue weighted by atomic mass is 10.1. The Hall–Kier alpha value is -3.15. The Kier molecular flexibility index (Phi) is 7.18. The third kappa shape index (κ3) is 6.47. The van der Waals surface area contributed by atoms with Crippen LogP contribution in [-0.4, -0.2) is 31.2 Å². The lowest BCUT2D eigenvalue weighted by Gasteiger charge is -2.04. The molecule has 0 aliphatic heterocycles. The second kappa shape index (κ2) is 9.87. The molecule has 0 atom stereocenters. The molecule has 2 rings (SSSR count). The van der Waals surface area contributed by atoms with Gasteiger partial charge in [0, 0.05) is 6.54 Å². The molecule has 130 valence electrons. The first-order chi connectivity index (χ1) is 12.2. The van der Waals surface area contributed by atoms with Gasteiger partial charge in [-0.2, -0.15) is 5.10 Å². The summed E-state index contributed by atoms with van der Waals surface area (Å²) in [4.78, 5) is 23.3. The van der Waals surface area contributed by atoms with E-state index in [0.717, 1.165) is 16.9 Å². The number of carbonyl (C=O) groups excluding carboxylic acids is 2. The molecule has 6 nitrogen and oxygen atoms in total. The Labute approximate surface area is 146 Å². The van der Waals surface area contributed by atoms with E-state index in [2.05, 4.69) is 15.8 Å². The van der Waals surface area contributed by atoms with E-state index < -0.39 is 11.8 Å². The van der Waals surface area contributed by atoms with Crippen molar-refractivity contribution in [2.24, 2.45) is 5.10 Å². The fraction of sp³-hybridized carbons (Fsp3) is 0.211. The number of hydrogen-bond donors (Lipinski definition) is 2. The average molecular weight is 339 g/mol. The molecule has 2 N–H and O–H groups in total. The molecule has 0 aliphatic rings. The summed E-state index contributed by atoms with van der Waals surface area (Å²) >= 11 is 0. The Morgan fingerprint density at radius 1 is 1.04 bits per heavy atom. The zero-order chi connectivity index (χ0) is 17.9. The largest absolute Gasteiger partial charge is 0.494 e. The zero-order valence-electron chi connectivity index (χ0n) is 14.1. The number of hydrazone groups is 1. The third-order valence-electron chi connectivity index (χ3n) is 3.32. The molecule has 2 aromatic carbocycles. The minimum Gasteiger partial charge on any atom is -0.494 e. The van der Waals surface area contributed by atoms with Crippen LogP contribution in [0.2, 0.25) is 0 Å². The van der Waals surface area contributed by atoms with Crippen molar-refractivity contribution in [3.63, 3.8) is 0 Å². The van der Waals surface area contributed by atoms with Crippen LogP contribution in [0.1, 0.15) is 18.1 Å². The number of amides is 2. The molecule has 0 radical (unpaired) electrons.